The molecule has 4 aromatic rings. The van der Waals surface area contributed by atoms with Crippen molar-refractivity contribution in [2.45, 2.75) is 32.7 Å². The first-order valence-electron chi connectivity index (χ1n) is 12.0. The van der Waals surface area contributed by atoms with E-state index in [1.54, 1.807) is 44.8 Å². The highest BCUT2D eigenvalue weighted by Gasteiger charge is 2.32. The third-order valence-corrected chi connectivity index (χ3v) is 6.78. The highest BCUT2D eigenvalue weighted by atomic mass is 16.5. The Kier molecular flexibility index (Phi) is 6.36. The second kappa shape index (κ2) is 9.78. The van der Waals surface area contributed by atoms with E-state index in [9.17, 15) is 10.1 Å². The number of fused-ring (bicyclic) bond motifs is 2. The van der Waals surface area contributed by atoms with Gasteiger partial charge in [-0.1, -0.05) is 6.07 Å². The van der Waals surface area contributed by atoms with Gasteiger partial charge in [-0.25, -0.2) is 4.98 Å². The zero-order valence-electron chi connectivity index (χ0n) is 21.2. The van der Waals surface area contributed by atoms with E-state index in [-0.39, 0.29) is 11.9 Å². The number of benzene rings is 1. The molecule has 1 atom stereocenters. The fourth-order valence-electron chi connectivity index (χ4n) is 5.31. The van der Waals surface area contributed by atoms with Crippen LogP contribution in [0.1, 0.15) is 46.1 Å². The van der Waals surface area contributed by atoms with E-state index < -0.39 is 0 Å². The van der Waals surface area contributed by atoms with E-state index in [4.69, 9.17) is 14.5 Å². The SMILES string of the molecule is COc1ccc2c(c1OC)CCC2n1c(C=CC(=O)Nc2cccnc2)c(C#N)c2c(C)cc(C)nc21. The first-order chi connectivity index (χ1) is 18.0. The van der Waals surface area contributed by atoms with Gasteiger partial charge in [-0.3, -0.25) is 9.78 Å². The molecule has 3 heterocycles. The molecule has 0 aliphatic heterocycles. The zero-order chi connectivity index (χ0) is 26.1. The molecule has 0 spiro atoms. The molecule has 0 fully saturated rings. The van der Waals surface area contributed by atoms with Crippen LogP contribution in [0, 0.1) is 25.2 Å². The number of hydrogen-bond donors (Lipinski definition) is 1. The van der Waals surface area contributed by atoms with Crippen molar-refractivity contribution in [3.63, 3.8) is 0 Å². The first-order valence-corrected chi connectivity index (χ1v) is 12.0. The summed E-state index contributed by atoms with van der Waals surface area (Å²) in [4.78, 5) is 21.6. The summed E-state index contributed by atoms with van der Waals surface area (Å²) in [7, 11) is 3.28. The number of aryl methyl sites for hydroxylation is 2. The van der Waals surface area contributed by atoms with Gasteiger partial charge in [-0.2, -0.15) is 5.26 Å². The van der Waals surface area contributed by atoms with Gasteiger partial charge >= 0.3 is 0 Å². The maximum atomic E-state index is 12.7. The average Bonchev–Trinajstić information content (AvgIpc) is 3.45. The van der Waals surface area contributed by atoms with E-state index >= 15 is 0 Å². The molecular formula is C29H27N5O3. The van der Waals surface area contributed by atoms with Crippen LogP contribution in [0.15, 0.2) is 48.8 Å². The van der Waals surface area contributed by atoms with Crippen LogP contribution in [0.3, 0.4) is 0 Å². The van der Waals surface area contributed by atoms with Crippen LogP contribution in [-0.4, -0.2) is 34.7 Å². The lowest BCUT2D eigenvalue weighted by Gasteiger charge is -2.19. The average molecular weight is 494 g/mol. The normalized spacial score (nSPS) is 14.5. The van der Waals surface area contributed by atoms with Gasteiger partial charge in [0.05, 0.1) is 43.4 Å². The Morgan fingerprint density at radius 1 is 1.24 bits per heavy atom. The summed E-state index contributed by atoms with van der Waals surface area (Å²) >= 11 is 0. The fourth-order valence-corrected chi connectivity index (χ4v) is 5.31. The lowest BCUT2D eigenvalue weighted by molar-refractivity contribution is -0.111. The molecule has 0 saturated heterocycles. The summed E-state index contributed by atoms with van der Waals surface area (Å²) in [6.45, 7) is 3.93. The fraction of sp³-hybridized carbons (Fsp3) is 0.241. The summed E-state index contributed by atoms with van der Waals surface area (Å²) in [6.07, 6.45) is 7.97. The third-order valence-electron chi connectivity index (χ3n) is 6.78. The van der Waals surface area contributed by atoms with E-state index in [0.29, 0.717) is 22.7 Å². The highest BCUT2D eigenvalue weighted by Crippen LogP contribution is 2.46. The minimum Gasteiger partial charge on any atom is -0.493 e. The lowest BCUT2D eigenvalue weighted by Crippen LogP contribution is -2.12. The summed E-state index contributed by atoms with van der Waals surface area (Å²) < 4.78 is 13.3. The van der Waals surface area contributed by atoms with Crippen LogP contribution in [-0.2, 0) is 11.2 Å². The second-order valence-corrected chi connectivity index (χ2v) is 9.01. The molecule has 1 unspecified atom stereocenters. The molecule has 3 aromatic heterocycles. The molecule has 8 heteroatoms. The summed E-state index contributed by atoms with van der Waals surface area (Å²) in [5.41, 5.74) is 6.48. The summed E-state index contributed by atoms with van der Waals surface area (Å²) in [5.74, 6) is 1.11. The van der Waals surface area contributed by atoms with Gasteiger partial charge in [-0.05, 0) is 68.2 Å². The van der Waals surface area contributed by atoms with Crippen molar-refractivity contribution in [1.29, 1.82) is 5.26 Å². The number of rotatable bonds is 6. The van der Waals surface area contributed by atoms with Crippen molar-refractivity contribution in [3.8, 4) is 17.6 Å². The molecule has 37 heavy (non-hydrogen) atoms. The number of nitrogens with one attached hydrogen (secondary N) is 1. The van der Waals surface area contributed by atoms with Gasteiger partial charge in [0, 0.05) is 28.9 Å². The van der Waals surface area contributed by atoms with E-state index in [1.165, 1.54) is 6.08 Å². The number of nitriles is 1. The number of nitrogens with zero attached hydrogens (tertiary/aromatic N) is 4. The Bertz CT molecular complexity index is 1580. The number of carbonyl (C=O) groups excluding carboxylic acids is 1. The monoisotopic (exact) mass is 493 g/mol. The predicted octanol–water partition coefficient (Wildman–Crippen LogP) is 5.12. The molecule has 1 aliphatic rings. The quantitative estimate of drug-likeness (QED) is 0.374. The molecule has 186 valence electrons. The van der Waals surface area contributed by atoms with Crippen LogP contribution in [0.2, 0.25) is 0 Å². The maximum Gasteiger partial charge on any atom is 0.248 e. The third kappa shape index (κ3) is 4.19. The van der Waals surface area contributed by atoms with Gasteiger partial charge < -0.3 is 19.4 Å². The number of aromatic nitrogens is 3. The van der Waals surface area contributed by atoms with Gasteiger partial charge in [0.1, 0.15) is 11.7 Å². The molecule has 0 bridgehead atoms. The second-order valence-electron chi connectivity index (χ2n) is 9.01. The highest BCUT2D eigenvalue weighted by molar-refractivity contribution is 6.03. The largest absolute Gasteiger partial charge is 0.493 e. The Labute approximate surface area is 215 Å². The van der Waals surface area contributed by atoms with E-state index in [1.807, 2.05) is 26.0 Å². The van der Waals surface area contributed by atoms with Crippen molar-refractivity contribution in [2.75, 3.05) is 19.5 Å². The van der Waals surface area contributed by atoms with Crippen LogP contribution < -0.4 is 14.8 Å². The molecule has 5 rings (SSSR count). The first kappa shape index (κ1) is 24.1. The number of pyridine rings is 2. The van der Waals surface area contributed by atoms with Crippen molar-refractivity contribution < 1.29 is 14.3 Å². The van der Waals surface area contributed by atoms with Gasteiger partial charge in [0.2, 0.25) is 5.91 Å². The van der Waals surface area contributed by atoms with E-state index in [0.717, 1.165) is 52.0 Å². The van der Waals surface area contributed by atoms with Crippen LogP contribution in [0.4, 0.5) is 5.69 Å². The molecule has 1 amide bonds. The maximum absolute atomic E-state index is 12.7. The number of hydrogen-bond acceptors (Lipinski definition) is 6. The molecular weight excluding hydrogens is 466 g/mol. The zero-order valence-corrected chi connectivity index (χ0v) is 21.2. The van der Waals surface area contributed by atoms with Crippen molar-refractivity contribution in [2.24, 2.45) is 0 Å². The van der Waals surface area contributed by atoms with Gasteiger partial charge in [0.15, 0.2) is 11.5 Å². The van der Waals surface area contributed by atoms with Crippen molar-refractivity contribution >= 4 is 28.7 Å². The van der Waals surface area contributed by atoms with E-state index in [2.05, 4.69) is 27.0 Å². The molecule has 1 aromatic carbocycles. The smallest absolute Gasteiger partial charge is 0.248 e. The minimum atomic E-state index is -0.312. The van der Waals surface area contributed by atoms with Gasteiger partial charge in [0.25, 0.3) is 0 Å². The van der Waals surface area contributed by atoms with Gasteiger partial charge in [-0.15, -0.1) is 0 Å². The van der Waals surface area contributed by atoms with Crippen LogP contribution >= 0.6 is 0 Å². The summed E-state index contributed by atoms with van der Waals surface area (Å²) in [6, 6.07) is 11.8. The van der Waals surface area contributed by atoms with Crippen molar-refractivity contribution in [3.05, 3.63) is 82.4 Å². The van der Waals surface area contributed by atoms with Crippen molar-refractivity contribution in [1.82, 2.24) is 14.5 Å². The number of ether oxygens (including phenoxy) is 2. The number of carbonyl (C=O) groups is 1. The lowest BCUT2D eigenvalue weighted by atomic mass is 10.1. The topological polar surface area (TPSA) is 102 Å². The predicted molar refractivity (Wildman–Crippen MR) is 142 cm³/mol. The molecule has 0 saturated carbocycles. The number of amides is 1. The Morgan fingerprint density at radius 2 is 2.08 bits per heavy atom. The molecule has 1 aliphatic carbocycles. The number of anilines is 1. The Morgan fingerprint density at radius 3 is 2.78 bits per heavy atom. The van der Waals surface area contributed by atoms with Crippen LogP contribution in [0.5, 0.6) is 11.5 Å². The standard InChI is InChI=1S/C29H27N5O3/c1-17-14-18(2)32-29-27(17)22(15-30)24(10-12-26(35)33-19-6-5-13-31-16-19)34(29)23-9-7-21-20(23)8-11-25(36-3)28(21)37-4/h5-6,8,10-14,16,23H,7,9H2,1-4H3,(H,33,35). The summed E-state index contributed by atoms with van der Waals surface area (Å²) in [5, 5.41) is 13.9. The number of methoxy groups -OCH3 is 2. The molecule has 8 nitrogen and oxygen atoms in total. The Balaban J connectivity index is 1.68. The molecule has 0 radical (unpaired) electrons. The Hall–Kier alpha value is -4.64. The minimum absolute atomic E-state index is 0.0888. The van der Waals surface area contributed by atoms with Crippen LogP contribution in [0.25, 0.3) is 17.1 Å². The molecule has 1 N–H and O–H groups in total.